The second kappa shape index (κ2) is 8.17. The molecule has 0 spiro atoms. The quantitative estimate of drug-likeness (QED) is 0.412. The number of furan rings is 1. The number of thioether (sulfide) groups is 1. The number of nitrogens with one attached hydrogen (secondary N) is 1. The fourth-order valence-corrected chi connectivity index (χ4v) is 5.62. The fourth-order valence-electron chi connectivity index (χ4n) is 3.02. The lowest BCUT2D eigenvalue weighted by atomic mass is 10.1. The van der Waals surface area contributed by atoms with Gasteiger partial charge in [-0.3, -0.25) is 9.10 Å². The number of hydrogen-bond acceptors (Lipinski definition) is 9. The van der Waals surface area contributed by atoms with Crippen molar-refractivity contribution in [3.05, 3.63) is 53.5 Å². The normalized spacial score (nSPS) is 13.5. The molecule has 8 nitrogen and oxygen atoms in total. The Morgan fingerprint density at radius 3 is 2.97 bits per heavy atom. The van der Waals surface area contributed by atoms with Gasteiger partial charge in [0.2, 0.25) is 15.2 Å². The third-order valence-corrected chi connectivity index (χ3v) is 7.58. The molecule has 0 aliphatic carbocycles. The number of aromatic nitrogens is 2. The lowest BCUT2D eigenvalue weighted by Gasteiger charge is -2.16. The Morgan fingerprint density at radius 1 is 1.34 bits per heavy atom. The van der Waals surface area contributed by atoms with E-state index < -0.39 is 10.0 Å². The Bertz CT molecular complexity index is 1130. The zero-order chi connectivity index (χ0) is 20.4. The minimum Gasteiger partial charge on any atom is -0.467 e. The van der Waals surface area contributed by atoms with Crippen LogP contribution < -0.4 is 9.62 Å². The fraction of sp³-hybridized carbons (Fsp3) is 0.278. The van der Waals surface area contributed by atoms with Crippen LogP contribution in [0.25, 0.3) is 0 Å². The molecule has 11 heteroatoms. The Labute approximate surface area is 176 Å². The van der Waals surface area contributed by atoms with Crippen LogP contribution in [0.15, 0.2) is 45.4 Å². The molecule has 0 unspecified atom stereocenters. The van der Waals surface area contributed by atoms with Crippen LogP contribution in [0.3, 0.4) is 0 Å². The van der Waals surface area contributed by atoms with Gasteiger partial charge >= 0.3 is 0 Å². The van der Waals surface area contributed by atoms with Crippen molar-refractivity contribution in [3.63, 3.8) is 0 Å². The van der Waals surface area contributed by atoms with Gasteiger partial charge in [0, 0.05) is 12.1 Å². The first-order valence-electron chi connectivity index (χ1n) is 8.76. The first-order chi connectivity index (χ1) is 13.9. The van der Waals surface area contributed by atoms with Gasteiger partial charge in [-0.1, -0.05) is 23.1 Å². The van der Waals surface area contributed by atoms with E-state index in [1.807, 2.05) is 12.1 Å². The van der Waals surface area contributed by atoms with Crippen LogP contribution in [0.4, 0.5) is 10.8 Å². The summed E-state index contributed by atoms with van der Waals surface area (Å²) >= 11 is 2.71. The van der Waals surface area contributed by atoms with Crippen molar-refractivity contribution in [2.75, 3.05) is 28.2 Å². The maximum absolute atomic E-state index is 12.6. The first-order valence-corrected chi connectivity index (χ1v) is 12.4. The molecule has 0 amide bonds. The van der Waals surface area contributed by atoms with Crippen LogP contribution in [0.2, 0.25) is 0 Å². The summed E-state index contributed by atoms with van der Waals surface area (Å²) in [6.07, 6.45) is 3.41. The van der Waals surface area contributed by atoms with Crippen molar-refractivity contribution in [3.8, 4) is 0 Å². The highest BCUT2D eigenvalue weighted by Crippen LogP contribution is 2.32. The number of anilines is 2. The molecule has 2 aromatic heterocycles. The molecule has 0 atom stereocenters. The summed E-state index contributed by atoms with van der Waals surface area (Å²) < 4.78 is 31.0. The summed E-state index contributed by atoms with van der Waals surface area (Å²) in [4.78, 5) is 12.6. The second-order valence-corrected chi connectivity index (χ2v) is 10.6. The van der Waals surface area contributed by atoms with Crippen molar-refractivity contribution in [2.24, 2.45) is 0 Å². The number of carbonyl (C=O) groups is 1. The lowest BCUT2D eigenvalue weighted by Crippen LogP contribution is -2.27. The second-order valence-electron chi connectivity index (χ2n) is 6.45. The number of sulfonamides is 1. The highest BCUT2D eigenvalue weighted by atomic mass is 32.2. The zero-order valence-electron chi connectivity index (χ0n) is 15.5. The van der Waals surface area contributed by atoms with E-state index >= 15 is 0 Å². The van der Waals surface area contributed by atoms with Gasteiger partial charge in [0.05, 0.1) is 30.5 Å². The summed E-state index contributed by atoms with van der Waals surface area (Å²) in [5.41, 5.74) is 2.12. The minimum absolute atomic E-state index is 0.0316. The van der Waals surface area contributed by atoms with Gasteiger partial charge in [0.25, 0.3) is 0 Å². The van der Waals surface area contributed by atoms with Crippen molar-refractivity contribution < 1.29 is 17.6 Å². The average molecular weight is 451 g/mol. The molecule has 0 radical (unpaired) electrons. The van der Waals surface area contributed by atoms with Gasteiger partial charge in [-0.05, 0) is 42.3 Å². The molecule has 1 aliphatic rings. The van der Waals surface area contributed by atoms with Gasteiger partial charge in [0.15, 0.2) is 10.1 Å². The number of carbonyl (C=O) groups excluding carboxylic acids is 1. The van der Waals surface area contributed by atoms with Crippen molar-refractivity contribution in [2.45, 2.75) is 17.3 Å². The van der Waals surface area contributed by atoms with Gasteiger partial charge < -0.3 is 9.73 Å². The predicted octanol–water partition coefficient (Wildman–Crippen LogP) is 3.04. The van der Waals surface area contributed by atoms with E-state index in [1.165, 1.54) is 33.7 Å². The Kier molecular flexibility index (Phi) is 5.61. The molecule has 0 bridgehead atoms. The Morgan fingerprint density at radius 2 is 2.21 bits per heavy atom. The van der Waals surface area contributed by atoms with Crippen molar-refractivity contribution in [1.82, 2.24) is 10.2 Å². The van der Waals surface area contributed by atoms with E-state index in [4.69, 9.17) is 4.42 Å². The third kappa shape index (κ3) is 4.62. The monoisotopic (exact) mass is 450 g/mol. The zero-order valence-corrected chi connectivity index (χ0v) is 17.9. The number of Topliss-reactive ketones (excluding diaryl/α,β-unsaturated/α-hetero) is 1. The number of fused-ring (bicyclic) bond motifs is 1. The summed E-state index contributed by atoms with van der Waals surface area (Å²) in [7, 11) is -3.29. The van der Waals surface area contributed by atoms with E-state index in [2.05, 4.69) is 15.5 Å². The van der Waals surface area contributed by atoms with Crippen LogP contribution >= 0.6 is 23.1 Å². The minimum atomic E-state index is -3.29. The number of rotatable bonds is 8. The molecule has 4 rings (SSSR count). The molecule has 1 N–H and O–H groups in total. The largest absolute Gasteiger partial charge is 0.467 e. The van der Waals surface area contributed by atoms with E-state index in [0.717, 1.165) is 11.3 Å². The van der Waals surface area contributed by atoms with Gasteiger partial charge in [-0.15, -0.1) is 10.2 Å². The van der Waals surface area contributed by atoms with Crippen molar-refractivity contribution in [1.29, 1.82) is 0 Å². The maximum Gasteiger partial charge on any atom is 0.232 e. The molecule has 0 saturated carbocycles. The van der Waals surface area contributed by atoms with Crippen LogP contribution in [0.5, 0.6) is 0 Å². The molecular formula is C18H18N4O4S3. The molecule has 152 valence electrons. The number of nitrogens with zero attached hydrogens (tertiary/aromatic N) is 3. The molecule has 1 aliphatic heterocycles. The SMILES string of the molecule is CS(=O)(=O)N1CCc2cc(C(=O)CSc3nnc(NCc4ccco4)s3)ccc21. The Hall–Kier alpha value is -2.37. The van der Waals surface area contributed by atoms with Gasteiger partial charge in [-0.25, -0.2) is 8.42 Å². The summed E-state index contributed by atoms with van der Waals surface area (Å²) in [6, 6.07) is 8.88. The van der Waals surface area contributed by atoms with Crippen LogP contribution in [-0.2, 0) is 23.0 Å². The standard InChI is InChI=1S/C18H18N4O4S3/c1-29(24,25)22-7-6-12-9-13(4-5-15(12)22)16(23)11-27-18-21-20-17(28-18)19-10-14-3-2-8-26-14/h2-5,8-9H,6-7,10-11H2,1H3,(H,19,20). The van der Waals surface area contributed by atoms with E-state index in [9.17, 15) is 13.2 Å². The first kappa shape index (κ1) is 19.9. The molecule has 3 aromatic rings. The summed E-state index contributed by atoms with van der Waals surface area (Å²) in [5, 5.41) is 11.9. The molecule has 1 aromatic carbocycles. The molecule has 29 heavy (non-hydrogen) atoms. The van der Waals surface area contributed by atoms with Gasteiger partial charge in [0.1, 0.15) is 5.76 Å². The van der Waals surface area contributed by atoms with E-state index in [1.54, 1.807) is 24.5 Å². The highest BCUT2D eigenvalue weighted by molar-refractivity contribution is 8.01. The van der Waals surface area contributed by atoms with E-state index in [0.29, 0.717) is 40.2 Å². The Balaban J connectivity index is 1.35. The number of ketones is 1. The third-order valence-electron chi connectivity index (χ3n) is 4.38. The number of hydrogen-bond donors (Lipinski definition) is 1. The molecule has 3 heterocycles. The summed E-state index contributed by atoms with van der Waals surface area (Å²) in [6.45, 7) is 0.935. The smallest absolute Gasteiger partial charge is 0.232 e. The van der Waals surface area contributed by atoms with E-state index in [-0.39, 0.29) is 11.5 Å². The molecule has 0 saturated heterocycles. The highest BCUT2D eigenvalue weighted by Gasteiger charge is 2.26. The average Bonchev–Trinajstić information content (AvgIpc) is 3.43. The summed E-state index contributed by atoms with van der Waals surface area (Å²) in [5.74, 6) is 1.01. The number of benzene rings is 1. The molecule has 0 fully saturated rings. The van der Waals surface area contributed by atoms with Crippen molar-refractivity contribution >= 4 is 49.7 Å². The lowest BCUT2D eigenvalue weighted by molar-refractivity contribution is 0.102. The predicted molar refractivity (Wildman–Crippen MR) is 113 cm³/mol. The van der Waals surface area contributed by atoms with Crippen LogP contribution in [0, 0.1) is 0 Å². The van der Waals surface area contributed by atoms with Gasteiger partial charge in [-0.2, -0.15) is 0 Å². The van der Waals surface area contributed by atoms with Crippen LogP contribution in [-0.4, -0.2) is 43.0 Å². The topological polar surface area (TPSA) is 105 Å². The molecular weight excluding hydrogens is 432 g/mol. The van der Waals surface area contributed by atoms with Crippen LogP contribution in [0.1, 0.15) is 21.7 Å². The maximum atomic E-state index is 12.6.